The Morgan fingerprint density at radius 1 is 1.47 bits per heavy atom. The van der Waals surface area contributed by atoms with Crippen molar-refractivity contribution >= 4 is 0 Å². The molecule has 1 aromatic carbocycles. The Kier molecular flexibility index (Phi) is 3.97. The summed E-state index contributed by atoms with van der Waals surface area (Å²) in [5, 5.41) is 0. The first-order chi connectivity index (χ1) is 8.24. The third-order valence-corrected chi connectivity index (χ3v) is 3.13. The summed E-state index contributed by atoms with van der Waals surface area (Å²) in [6, 6.07) is 4.53. The molecule has 2 rings (SSSR count). The van der Waals surface area contributed by atoms with Gasteiger partial charge >= 0.3 is 0 Å². The first kappa shape index (κ1) is 12.3. The van der Waals surface area contributed by atoms with Crippen LogP contribution < -0.4 is 10.5 Å². The molecule has 1 unspecified atom stereocenters. The van der Waals surface area contributed by atoms with Crippen LogP contribution in [0, 0.1) is 5.82 Å². The maximum Gasteiger partial charge on any atom is 0.124 e. The SMILES string of the molecule is COc1ccc(F)cc1C1CC[C@@H](CCN)O1. The lowest BCUT2D eigenvalue weighted by molar-refractivity contribution is 0.0400. The molecule has 1 aromatic rings. The van der Waals surface area contributed by atoms with Gasteiger partial charge in [-0.2, -0.15) is 0 Å². The second-order valence-corrected chi connectivity index (χ2v) is 4.29. The highest BCUT2D eigenvalue weighted by Gasteiger charge is 2.28. The molecular formula is C13H18FNO2. The molecule has 4 heteroatoms. The van der Waals surface area contributed by atoms with Crippen LogP contribution in [0.25, 0.3) is 0 Å². The molecule has 1 fully saturated rings. The zero-order chi connectivity index (χ0) is 12.3. The van der Waals surface area contributed by atoms with E-state index in [1.54, 1.807) is 13.2 Å². The standard InChI is InChI=1S/C13H18FNO2/c1-16-12-4-2-9(14)8-11(12)13-5-3-10(17-13)6-7-15/h2,4,8,10,13H,3,5-7,15H2,1H3/t10-,13?/m0/s1. The van der Waals surface area contributed by atoms with E-state index in [2.05, 4.69) is 0 Å². The summed E-state index contributed by atoms with van der Waals surface area (Å²) in [5.41, 5.74) is 6.31. The average Bonchev–Trinajstić information content (AvgIpc) is 2.78. The van der Waals surface area contributed by atoms with Crippen LogP contribution in [-0.4, -0.2) is 19.8 Å². The smallest absolute Gasteiger partial charge is 0.124 e. The first-order valence-corrected chi connectivity index (χ1v) is 5.93. The number of rotatable bonds is 4. The summed E-state index contributed by atoms with van der Waals surface area (Å²) in [4.78, 5) is 0. The highest BCUT2D eigenvalue weighted by molar-refractivity contribution is 5.36. The molecule has 1 heterocycles. The van der Waals surface area contributed by atoms with Gasteiger partial charge in [0.15, 0.2) is 0 Å². The fraction of sp³-hybridized carbons (Fsp3) is 0.538. The van der Waals surface area contributed by atoms with Gasteiger partial charge in [0.2, 0.25) is 0 Å². The van der Waals surface area contributed by atoms with Crippen LogP contribution in [0.5, 0.6) is 5.75 Å². The monoisotopic (exact) mass is 239 g/mol. The molecule has 0 amide bonds. The second kappa shape index (κ2) is 5.47. The molecule has 0 spiro atoms. The van der Waals surface area contributed by atoms with Gasteiger partial charge in [-0.25, -0.2) is 4.39 Å². The van der Waals surface area contributed by atoms with Gasteiger partial charge in [-0.3, -0.25) is 0 Å². The number of hydrogen-bond acceptors (Lipinski definition) is 3. The highest BCUT2D eigenvalue weighted by Crippen LogP contribution is 2.38. The molecular weight excluding hydrogens is 221 g/mol. The maximum absolute atomic E-state index is 13.3. The van der Waals surface area contributed by atoms with Crippen LogP contribution in [0.2, 0.25) is 0 Å². The Hall–Kier alpha value is -1.13. The van der Waals surface area contributed by atoms with Crippen molar-refractivity contribution in [2.24, 2.45) is 5.73 Å². The number of hydrogen-bond donors (Lipinski definition) is 1. The van der Waals surface area contributed by atoms with E-state index in [-0.39, 0.29) is 18.0 Å². The number of benzene rings is 1. The molecule has 2 N–H and O–H groups in total. The lowest BCUT2D eigenvalue weighted by Crippen LogP contribution is -2.13. The Balaban J connectivity index is 2.14. The fourth-order valence-corrected chi connectivity index (χ4v) is 2.29. The maximum atomic E-state index is 13.3. The van der Waals surface area contributed by atoms with Crippen molar-refractivity contribution in [1.82, 2.24) is 0 Å². The molecule has 3 nitrogen and oxygen atoms in total. The summed E-state index contributed by atoms with van der Waals surface area (Å²) in [6.45, 7) is 0.623. The molecule has 94 valence electrons. The number of halogens is 1. The predicted octanol–water partition coefficient (Wildman–Crippen LogP) is 2.40. The van der Waals surface area contributed by atoms with Crippen molar-refractivity contribution in [3.8, 4) is 5.75 Å². The second-order valence-electron chi connectivity index (χ2n) is 4.29. The Labute approximate surface area is 101 Å². The summed E-state index contributed by atoms with van der Waals surface area (Å²) < 4.78 is 24.3. The summed E-state index contributed by atoms with van der Waals surface area (Å²) in [7, 11) is 1.59. The third kappa shape index (κ3) is 2.76. The van der Waals surface area contributed by atoms with Crippen molar-refractivity contribution in [3.05, 3.63) is 29.6 Å². The molecule has 1 saturated heterocycles. The molecule has 1 aliphatic rings. The van der Waals surface area contributed by atoms with E-state index in [0.717, 1.165) is 24.8 Å². The normalized spacial score (nSPS) is 23.9. The Bertz CT molecular complexity index is 384. The minimum atomic E-state index is -0.258. The molecule has 2 atom stereocenters. The van der Waals surface area contributed by atoms with Crippen LogP contribution in [0.4, 0.5) is 4.39 Å². The van der Waals surface area contributed by atoms with Crippen molar-refractivity contribution in [2.75, 3.05) is 13.7 Å². The summed E-state index contributed by atoms with van der Waals surface area (Å²) >= 11 is 0. The van der Waals surface area contributed by atoms with Gasteiger partial charge in [-0.15, -0.1) is 0 Å². The summed E-state index contributed by atoms with van der Waals surface area (Å²) in [6.07, 6.45) is 2.84. The highest BCUT2D eigenvalue weighted by atomic mass is 19.1. The zero-order valence-corrected chi connectivity index (χ0v) is 9.99. The topological polar surface area (TPSA) is 44.5 Å². The number of methoxy groups -OCH3 is 1. The lowest BCUT2D eigenvalue weighted by Gasteiger charge is -2.16. The number of ether oxygens (including phenoxy) is 2. The minimum Gasteiger partial charge on any atom is -0.496 e. The minimum absolute atomic E-state index is 0.0720. The average molecular weight is 239 g/mol. The molecule has 0 aromatic heterocycles. The van der Waals surface area contributed by atoms with E-state index in [1.807, 2.05) is 0 Å². The van der Waals surface area contributed by atoms with E-state index in [4.69, 9.17) is 15.2 Å². The molecule has 17 heavy (non-hydrogen) atoms. The Morgan fingerprint density at radius 3 is 3.00 bits per heavy atom. The van der Waals surface area contributed by atoms with Gasteiger partial charge in [-0.1, -0.05) is 0 Å². The quantitative estimate of drug-likeness (QED) is 0.877. The van der Waals surface area contributed by atoms with E-state index >= 15 is 0 Å². The van der Waals surface area contributed by atoms with Crippen LogP contribution in [-0.2, 0) is 4.74 Å². The van der Waals surface area contributed by atoms with E-state index in [1.165, 1.54) is 12.1 Å². The lowest BCUT2D eigenvalue weighted by atomic mass is 10.0. The van der Waals surface area contributed by atoms with Gasteiger partial charge in [-0.05, 0) is 44.0 Å². The van der Waals surface area contributed by atoms with Crippen LogP contribution in [0.1, 0.15) is 30.9 Å². The van der Waals surface area contributed by atoms with Crippen molar-refractivity contribution in [2.45, 2.75) is 31.5 Å². The van der Waals surface area contributed by atoms with Crippen molar-refractivity contribution in [1.29, 1.82) is 0 Å². The van der Waals surface area contributed by atoms with Gasteiger partial charge in [0.25, 0.3) is 0 Å². The molecule has 0 saturated carbocycles. The fourth-order valence-electron chi connectivity index (χ4n) is 2.29. The van der Waals surface area contributed by atoms with Gasteiger partial charge in [0, 0.05) is 5.56 Å². The zero-order valence-electron chi connectivity index (χ0n) is 9.99. The van der Waals surface area contributed by atoms with Crippen molar-refractivity contribution < 1.29 is 13.9 Å². The summed E-state index contributed by atoms with van der Waals surface area (Å²) in [5.74, 6) is 0.427. The first-order valence-electron chi connectivity index (χ1n) is 5.93. The van der Waals surface area contributed by atoms with Gasteiger partial charge < -0.3 is 15.2 Å². The van der Waals surface area contributed by atoms with Crippen LogP contribution in [0.3, 0.4) is 0 Å². The molecule has 1 aliphatic heterocycles. The largest absolute Gasteiger partial charge is 0.496 e. The van der Waals surface area contributed by atoms with Crippen LogP contribution in [0.15, 0.2) is 18.2 Å². The Morgan fingerprint density at radius 2 is 2.29 bits per heavy atom. The van der Waals surface area contributed by atoms with Gasteiger partial charge in [0.1, 0.15) is 11.6 Å². The molecule has 0 bridgehead atoms. The van der Waals surface area contributed by atoms with E-state index < -0.39 is 0 Å². The molecule has 0 radical (unpaired) electrons. The predicted molar refractivity (Wildman–Crippen MR) is 63.5 cm³/mol. The van der Waals surface area contributed by atoms with Crippen LogP contribution >= 0.6 is 0 Å². The third-order valence-electron chi connectivity index (χ3n) is 3.13. The van der Waals surface area contributed by atoms with E-state index in [0.29, 0.717) is 12.3 Å². The number of nitrogens with two attached hydrogens (primary N) is 1. The van der Waals surface area contributed by atoms with Gasteiger partial charge in [0.05, 0.1) is 19.3 Å². The molecule has 0 aliphatic carbocycles. The van der Waals surface area contributed by atoms with Crippen molar-refractivity contribution in [3.63, 3.8) is 0 Å². The van der Waals surface area contributed by atoms with E-state index in [9.17, 15) is 4.39 Å².